The zero-order chi connectivity index (χ0) is 24.5. The van der Waals surface area contributed by atoms with Crippen molar-refractivity contribution in [1.82, 2.24) is 0 Å². The van der Waals surface area contributed by atoms with Crippen LogP contribution in [-0.4, -0.2) is 14.2 Å². The maximum atomic E-state index is 5.66. The standard InChI is InChI=1S/C32H27IO2/c1-20-5-9-22(10-6-20)29(23-11-7-21(2)8-12-23)31-28-19-26(35-4)17-18-27(28)30(32(31)33)24-13-15-25(34-3)16-14-24/h5-19H,1-4H3. The van der Waals surface area contributed by atoms with Crippen molar-refractivity contribution in [2.45, 2.75) is 13.8 Å². The van der Waals surface area contributed by atoms with Gasteiger partial charge < -0.3 is 9.47 Å². The fourth-order valence-corrected chi connectivity index (χ4v) is 5.78. The van der Waals surface area contributed by atoms with E-state index in [0.717, 1.165) is 11.5 Å². The van der Waals surface area contributed by atoms with Crippen molar-refractivity contribution >= 4 is 39.3 Å². The normalized spacial score (nSPS) is 12.5. The van der Waals surface area contributed by atoms with E-state index in [-0.39, 0.29) is 0 Å². The minimum Gasteiger partial charge on any atom is -0.497 e. The average molecular weight is 570 g/mol. The van der Waals surface area contributed by atoms with Crippen LogP contribution < -0.4 is 9.47 Å². The highest BCUT2D eigenvalue weighted by molar-refractivity contribution is 14.1. The van der Waals surface area contributed by atoms with E-state index < -0.39 is 0 Å². The Hall–Kier alpha value is -3.31. The Balaban J connectivity index is 1.86. The summed E-state index contributed by atoms with van der Waals surface area (Å²) in [5, 5.41) is 0. The lowest BCUT2D eigenvalue weighted by Crippen LogP contribution is -1.95. The molecule has 0 heterocycles. The minimum absolute atomic E-state index is 0.855. The quantitative estimate of drug-likeness (QED) is 0.224. The van der Waals surface area contributed by atoms with Crippen LogP contribution in [0.3, 0.4) is 0 Å². The van der Waals surface area contributed by atoms with Gasteiger partial charge in [-0.15, -0.1) is 0 Å². The Morgan fingerprint density at radius 3 is 1.63 bits per heavy atom. The molecule has 0 aliphatic heterocycles. The molecule has 4 aromatic rings. The SMILES string of the molecule is COc1ccc(C2=C(I)C(=C(c3ccc(C)cc3)c3ccc(C)cc3)c3cc(OC)ccc32)cc1. The summed E-state index contributed by atoms with van der Waals surface area (Å²) >= 11 is 2.53. The van der Waals surface area contributed by atoms with Gasteiger partial charge in [-0.2, -0.15) is 0 Å². The molecule has 1 aliphatic rings. The number of benzene rings is 4. The maximum Gasteiger partial charge on any atom is 0.119 e. The lowest BCUT2D eigenvalue weighted by Gasteiger charge is -2.16. The second kappa shape index (κ2) is 9.74. The van der Waals surface area contributed by atoms with Crippen molar-refractivity contribution in [2.24, 2.45) is 0 Å². The fraction of sp³-hybridized carbons (Fsp3) is 0.125. The molecule has 174 valence electrons. The minimum atomic E-state index is 0.855. The van der Waals surface area contributed by atoms with Crippen molar-refractivity contribution in [1.29, 1.82) is 0 Å². The molecule has 0 unspecified atom stereocenters. The number of fused-ring (bicyclic) bond motifs is 1. The van der Waals surface area contributed by atoms with Crippen LogP contribution >= 0.6 is 22.6 Å². The number of hydrogen-bond acceptors (Lipinski definition) is 2. The average Bonchev–Trinajstić information content (AvgIpc) is 3.17. The third kappa shape index (κ3) is 4.41. The van der Waals surface area contributed by atoms with Crippen LogP contribution in [0.5, 0.6) is 11.5 Å². The number of methoxy groups -OCH3 is 2. The Morgan fingerprint density at radius 2 is 1.11 bits per heavy atom. The van der Waals surface area contributed by atoms with Crippen LogP contribution in [0.1, 0.15) is 38.9 Å². The van der Waals surface area contributed by atoms with Gasteiger partial charge in [0.05, 0.1) is 14.2 Å². The molecular weight excluding hydrogens is 543 g/mol. The van der Waals surface area contributed by atoms with Gasteiger partial charge in [0.25, 0.3) is 0 Å². The lowest BCUT2D eigenvalue weighted by molar-refractivity contribution is 0.414. The zero-order valence-electron chi connectivity index (χ0n) is 20.4. The molecule has 0 atom stereocenters. The number of aryl methyl sites for hydroxylation is 2. The molecule has 0 bridgehead atoms. The molecule has 0 spiro atoms. The molecule has 0 aromatic heterocycles. The van der Waals surface area contributed by atoms with Crippen molar-refractivity contribution in [2.75, 3.05) is 14.2 Å². The summed E-state index contributed by atoms with van der Waals surface area (Å²) < 4.78 is 12.3. The van der Waals surface area contributed by atoms with Crippen LogP contribution in [-0.2, 0) is 0 Å². The highest BCUT2D eigenvalue weighted by atomic mass is 127. The van der Waals surface area contributed by atoms with E-state index in [9.17, 15) is 0 Å². The first-order valence-electron chi connectivity index (χ1n) is 11.6. The number of halogens is 1. The summed E-state index contributed by atoms with van der Waals surface area (Å²) in [5.41, 5.74) is 12.2. The van der Waals surface area contributed by atoms with Crippen molar-refractivity contribution in [3.8, 4) is 11.5 Å². The summed E-state index contributed by atoms with van der Waals surface area (Å²) in [6, 6.07) is 32.4. The molecule has 2 nitrogen and oxygen atoms in total. The van der Waals surface area contributed by atoms with Gasteiger partial charge in [0.15, 0.2) is 0 Å². The number of rotatable bonds is 5. The van der Waals surface area contributed by atoms with E-state index in [1.165, 1.54) is 59.2 Å². The number of ether oxygens (including phenoxy) is 2. The van der Waals surface area contributed by atoms with Gasteiger partial charge in [0.2, 0.25) is 0 Å². The largest absolute Gasteiger partial charge is 0.497 e. The van der Waals surface area contributed by atoms with E-state index in [0.29, 0.717) is 0 Å². The monoisotopic (exact) mass is 570 g/mol. The zero-order valence-corrected chi connectivity index (χ0v) is 22.5. The predicted octanol–water partition coefficient (Wildman–Crippen LogP) is 8.49. The van der Waals surface area contributed by atoms with Crippen LogP contribution in [0, 0.1) is 13.8 Å². The van der Waals surface area contributed by atoms with Gasteiger partial charge in [0.1, 0.15) is 11.5 Å². The Kier molecular flexibility index (Phi) is 6.52. The van der Waals surface area contributed by atoms with E-state index in [1.807, 2.05) is 18.2 Å². The molecule has 0 radical (unpaired) electrons. The highest BCUT2D eigenvalue weighted by Gasteiger charge is 2.30. The molecule has 4 aromatic carbocycles. The van der Waals surface area contributed by atoms with E-state index in [4.69, 9.17) is 9.47 Å². The predicted molar refractivity (Wildman–Crippen MR) is 154 cm³/mol. The van der Waals surface area contributed by atoms with Crippen molar-refractivity contribution < 1.29 is 9.47 Å². The van der Waals surface area contributed by atoms with Crippen LogP contribution in [0.4, 0.5) is 0 Å². The Morgan fingerprint density at radius 1 is 0.600 bits per heavy atom. The van der Waals surface area contributed by atoms with Gasteiger partial charge in [-0.05, 0) is 94.1 Å². The van der Waals surface area contributed by atoms with Crippen LogP contribution in [0.2, 0.25) is 0 Å². The summed E-state index contributed by atoms with van der Waals surface area (Å²) in [7, 11) is 3.43. The smallest absolute Gasteiger partial charge is 0.119 e. The second-order valence-electron chi connectivity index (χ2n) is 8.81. The summed E-state index contributed by atoms with van der Waals surface area (Å²) in [5.74, 6) is 1.71. The van der Waals surface area contributed by atoms with Gasteiger partial charge in [-0.3, -0.25) is 0 Å². The van der Waals surface area contributed by atoms with Crippen molar-refractivity contribution in [3.63, 3.8) is 0 Å². The molecule has 35 heavy (non-hydrogen) atoms. The Labute approximate surface area is 221 Å². The van der Waals surface area contributed by atoms with E-state index in [1.54, 1.807) is 14.2 Å². The first-order valence-corrected chi connectivity index (χ1v) is 12.7. The van der Waals surface area contributed by atoms with E-state index in [2.05, 4.69) is 109 Å². The second-order valence-corrected chi connectivity index (χ2v) is 9.89. The summed E-state index contributed by atoms with van der Waals surface area (Å²) in [6.07, 6.45) is 0. The summed E-state index contributed by atoms with van der Waals surface area (Å²) in [4.78, 5) is 0. The molecule has 0 N–H and O–H groups in total. The molecule has 0 fully saturated rings. The topological polar surface area (TPSA) is 18.5 Å². The van der Waals surface area contributed by atoms with Gasteiger partial charge in [-0.1, -0.05) is 77.9 Å². The van der Waals surface area contributed by atoms with E-state index >= 15 is 0 Å². The number of hydrogen-bond donors (Lipinski definition) is 0. The molecule has 1 aliphatic carbocycles. The fourth-order valence-electron chi connectivity index (χ4n) is 4.62. The van der Waals surface area contributed by atoms with Gasteiger partial charge in [0, 0.05) is 14.7 Å². The highest BCUT2D eigenvalue weighted by Crippen LogP contribution is 2.52. The first kappa shape index (κ1) is 23.4. The van der Waals surface area contributed by atoms with Gasteiger partial charge in [-0.25, -0.2) is 0 Å². The third-order valence-electron chi connectivity index (χ3n) is 6.51. The molecule has 0 amide bonds. The Bertz CT molecular complexity index is 1390. The first-order chi connectivity index (χ1) is 17.0. The van der Waals surface area contributed by atoms with Gasteiger partial charge >= 0.3 is 0 Å². The molecule has 3 heteroatoms. The molecular formula is C32H27IO2. The van der Waals surface area contributed by atoms with Crippen LogP contribution in [0.15, 0.2) is 94.6 Å². The molecule has 0 saturated carbocycles. The summed E-state index contributed by atoms with van der Waals surface area (Å²) in [6.45, 7) is 4.26. The number of allylic oxidation sites excluding steroid dienone is 2. The van der Waals surface area contributed by atoms with Crippen molar-refractivity contribution in [3.05, 3.63) is 134 Å². The van der Waals surface area contributed by atoms with Crippen LogP contribution in [0.25, 0.3) is 16.7 Å². The lowest BCUT2D eigenvalue weighted by atomic mass is 9.89. The third-order valence-corrected chi connectivity index (χ3v) is 7.59. The molecule has 5 rings (SSSR count). The molecule has 0 saturated heterocycles. The maximum absolute atomic E-state index is 5.66.